The van der Waals surface area contributed by atoms with Gasteiger partial charge in [0, 0.05) is 30.7 Å². The number of hydrogen-bond donors (Lipinski definition) is 3. The topological polar surface area (TPSA) is 81.7 Å². The Balaban J connectivity index is 1.19. The lowest BCUT2D eigenvalue weighted by Crippen LogP contribution is -2.44. The fourth-order valence-corrected chi connectivity index (χ4v) is 5.00. The van der Waals surface area contributed by atoms with E-state index >= 15 is 0 Å². The highest BCUT2D eigenvalue weighted by molar-refractivity contribution is 5.96. The van der Waals surface area contributed by atoms with Crippen LogP contribution in [-0.2, 0) is 11.0 Å². The number of aromatic hydroxyl groups is 1. The van der Waals surface area contributed by atoms with Crippen LogP contribution in [0.25, 0.3) is 0 Å². The summed E-state index contributed by atoms with van der Waals surface area (Å²) in [6, 6.07) is 12.2. The van der Waals surface area contributed by atoms with Crippen LogP contribution in [0.1, 0.15) is 59.5 Å². The monoisotopic (exact) mass is 489 g/mol. The number of amides is 2. The van der Waals surface area contributed by atoms with Crippen LogP contribution in [0.2, 0.25) is 0 Å². The molecule has 0 radical (unpaired) electrons. The molecule has 2 aromatic rings. The van der Waals surface area contributed by atoms with Crippen LogP contribution < -0.4 is 10.6 Å². The van der Waals surface area contributed by atoms with Crippen LogP contribution >= 0.6 is 0 Å². The van der Waals surface area contributed by atoms with Crippen molar-refractivity contribution in [2.75, 3.05) is 19.6 Å². The molecule has 0 spiro atoms. The van der Waals surface area contributed by atoms with E-state index in [1.54, 1.807) is 17.0 Å². The number of nitrogens with one attached hydrogen (secondary N) is 2. The maximum absolute atomic E-state index is 12.9. The molecule has 0 aromatic heterocycles. The summed E-state index contributed by atoms with van der Waals surface area (Å²) in [6.07, 6.45) is 0.518. The van der Waals surface area contributed by atoms with Crippen LogP contribution in [0.4, 0.5) is 13.2 Å². The number of phenols is 1. The van der Waals surface area contributed by atoms with Crippen molar-refractivity contribution in [2.45, 2.75) is 56.3 Å². The fourth-order valence-electron chi connectivity index (χ4n) is 5.00. The molecule has 2 aliphatic rings. The van der Waals surface area contributed by atoms with Gasteiger partial charge in [0.1, 0.15) is 5.75 Å². The number of carbonyl (C=O) groups is 2. The van der Waals surface area contributed by atoms with Gasteiger partial charge in [-0.3, -0.25) is 9.59 Å². The number of halogens is 3. The van der Waals surface area contributed by atoms with Gasteiger partial charge < -0.3 is 20.6 Å². The van der Waals surface area contributed by atoms with Crippen molar-refractivity contribution in [3.63, 3.8) is 0 Å². The van der Waals surface area contributed by atoms with Gasteiger partial charge in [0.05, 0.1) is 12.1 Å². The van der Waals surface area contributed by atoms with Gasteiger partial charge in [-0.05, 0) is 73.9 Å². The summed E-state index contributed by atoms with van der Waals surface area (Å²) in [5.74, 6) is -0.176. The lowest BCUT2D eigenvalue weighted by molar-refractivity contribution is -0.137. The maximum Gasteiger partial charge on any atom is 0.416 e. The third kappa shape index (κ3) is 6.54. The largest absolute Gasteiger partial charge is 0.508 e. The van der Waals surface area contributed by atoms with Crippen LogP contribution in [0.15, 0.2) is 48.5 Å². The van der Waals surface area contributed by atoms with E-state index in [-0.39, 0.29) is 29.8 Å². The van der Waals surface area contributed by atoms with Crippen molar-refractivity contribution in [3.8, 4) is 5.75 Å². The number of phenolic OH excluding ortho intramolecular Hbond substituents is 1. The fraction of sp³-hybridized carbons (Fsp3) is 0.462. The van der Waals surface area contributed by atoms with E-state index in [0.29, 0.717) is 25.0 Å². The highest BCUT2D eigenvalue weighted by Crippen LogP contribution is 2.34. The second kappa shape index (κ2) is 10.7. The van der Waals surface area contributed by atoms with E-state index in [9.17, 15) is 27.9 Å². The Hall–Kier alpha value is -3.07. The lowest BCUT2D eigenvalue weighted by atomic mass is 9.81. The first-order valence-corrected chi connectivity index (χ1v) is 12.0. The van der Waals surface area contributed by atoms with E-state index in [1.165, 1.54) is 17.7 Å². The number of benzene rings is 2. The molecule has 188 valence electrons. The van der Waals surface area contributed by atoms with E-state index < -0.39 is 17.6 Å². The smallest absolute Gasteiger partial charge is 0.416 e. The summed E-state index contributed by atoms with van der Waals surface area (Å²) in [6.45, 7) is 0.883. The van der Waals surface area contributed by atoms with Crippen molar-refractivity contribution in [1.29, 1.82) is 0 Å². The normalized spacial score (nSPS) is 22.7. The lowest BCUT2D eigenvalue weighted by Gasteiger charge is -2.31. The van der Waals surface area contributed by atoms with Crippen LogP contribution in [0, 0.1) is 0 Å². The minimum Gasteiger partial charge on any atom is -0.508 e. The molecular formula is C26H30F3N3O3. The summed E-state index contributed by atoms with van der Waals surface area (Å²) in [7, 11) is 0. The van der Waals surface area contributed by atoms with Gasteiger partial charge in [-0.15, -0.1) is 0 Å². The zero-order valence-corrected chi connectivity index (χ0v) is 19.4. The summed E-state index contributed by atoms with van der Waals surface area (Å²) in [5.41, 5.74) is 0.226. The first kappa shape index (κ1) is 25.0. The Morgan fingerprint density at radius 3 is 2.37 bits per heavy atom. The molecule has 1 saturated heterocycles. The zero-order chi connectivity index (χ0) is 25.0. The quantitative estimate of drug-likeness (QED) is 0.572. The number of likely N-dealkylation sites (tertiary alicyclic amines) is 1. The molecule has 1 heterocycles. The first-order chi connectivity index (χ1) is 16.7. The first-order valence-electron chi connectivity index (χ1n) is 12.0. The van der Waals surface area contributed by atoms with Gasteiger partial charge in [-0.25, -0.2) is 0 Å². The molecule has 1 saturated carbocycles. The molecule has 2 fully saturated rings. The van der Waals surface area contributed by atoms with E-state index in [1.807, 2.05) is 12.1 Å². The Morgan fingerprint density at radius 1 is 0.971 bits per heavy atom. The Bertz CT molecular complexity index is 1030. The summed E-state index contributed by atoms with van der Waals surface area (Å²) < 4.78 is 38.6. The molecule has 9 heteroatoms. The van der Waals surface area contributed by atoms with Crippen LogP contribution in [0.3, 0.4) is 0 Å². The molecule has 35 heavy (non-hydrogen) atoms. The highest BCUT2D eigenvalue weighted by atomic mass is 19.4. The number of nitrogens with zero attached hydrogens (tertiary/aromatic N) is 1. The molecule has 0 bridgehead atoms. The van der Waals surface area contributed by atoms with Crippen molar-refractivity contribution >= 4 is 11.8 Å². The van der Waals surface area contributed by atoms with Crippen molar-refractivity contribution < 1.29 is 27.9 Å². The Kier molecular flexibility index (Phi) is 7.64. The van der Waals surface area contributed by atoms with Crippen LogP contribution in [-0.4, -0.2) is 53.5 Å². The van der Waals surface area contributed by atoms with Crippen molar-refractivity contribution in [2.24, 2.45) is 0 Å². The molecule has 2 amide bonds. The van der Waals surface area contributed by atoms with Gasteiger partial charge >= 0.3 is 6.18 Å². The standard InChI is InChI=1S/C26H30F3N3O3/c27-26(28,29)20-3-1-2-19(14-20)25(35)30-15-24(34)32-13-12-22(16-32)31-21-8-4-17(5-9-21)18-6-10-23(33)11-7-18/h1-3,6-7,10-11,14,17,21-22,31,33H,4-5,8-9,12-13,15-16H2,(H,30,35)/t17?,21?,22-/m0/s1. The molecule has 1 aliphatic carbocycles. The molecule has 0 unspecified atom stereocenters. The molecule has 3 N–H and O–H groups in total. The van der Waals surface area contributed by atoms with E-state index in [0.717, 1.165) is 44.2 Å². The maximum atomic E-state index is 12.9. The van der Waals surface area contributed by atoms with Crippen molar-refractivity contribution in [3.05, 3.63) is 65.2 Å². The van der Waals surface area contributed by atoms with Gasteiger partial charge in [0.2, 0.25) is 5.91 Å². The molecule has 2 aromatic carbocycles. The average Bonchev–Trinajstić information content (AvgIpc) is 3.31. The van der Waals surface area contributed by atoms with Crippen molar-refractivity contribution in [1.82, 2.24) is 15.5 Å². The number of carbonyl (C=O) groups excluding carboxylic acids is 2. The number of hydrogen-bond acceptors (Lipinski definition) is 4. The van der Waals surface area contributed by atoms with Gasteiger partial charge in [-0.1, -0.05) is 18.2 Å². The minimum absolute atomic E-state index is 0.128. The second-order valence-electron chi connectivity index (χ2n) is 9.39. The molecule has 4 rings (SSSR count). The number of alkyl halides is 3. The second-order valence-corrected chi connectivity index (χ2v) is 9.39. The molecule has 6 nitrogen and oxygen atoms in total. The third-order valence-electron chi connectivity index (χ3n) is 6.96. The third-order valence-corrected chi connectivity index (χ3v) is 6.96. The van der Waals surface area contributed by atoms with Gasteiger partial charge in [-0.2, -0.15) is 13.2 Å². The van der Waals surface area contributed by atoms with Crippen LogP contribution in [0.5, 0.6) is 5.75 Å². The zero-order valence-electron chi connectivity index (χ0n) is 19.4. The molecule has 1 aliphatic heterocycles. The average molecular weight is 490 g/mol. The van der Waals surface area contributed by atoms with Gasteiger partial charge in [0.15, 0.2) is 0 Å². The Morgan fingerprint density at radius 2 is 1.69 bits per heavy atom. The summed E-state index contributed by atoms with van der Waals surface area (Å²) in [5, 5.41) is 15.6. The summed E-state index contributed by atoms with van der Waals surface area (Å²) in [4.78, 5) is 26.5. The summed E-state index contributed by atoms with van der Waals surface area (Å²) >= 11 is 0. The minimum atomic E-state index is -4.53. The number of rotatable bonds is 6. The highest BCUT2D eigenvalue weighted by Gasteiger charge is 2.32. The van der Waals surface area contributed by atoms with Gasteiger partial charge in [0.25, 0.3) is 5.91 Å². The van der Waals surface area contributed by atoms with E-state index in [2.05, 4.69) is 10.6 Å². The molecular weight excluding hydrogens is 459 g/mol. The Labute approximate surface area is 202 Å². The molecule has 1 atom stereocenters. The van der Waals surface area contributed by atoms with E-state index in [4.69, 9.17) is 0 Å². The predicted octanol–water partition coefficient (Wildman–Crippen LogP) is 4.06. The predicted molar refractivity (Wildman–Crippen MR) is 125 cm³/mol. The SMILES string of the molecule is O=C(NCC(=O)N1CC[C@H](NC2CCC(c3ccc(O)cc3)CC2)C1)c1cccc(C(F)(F)F)c1.